The van der Waals surface area contributed by atoms with Crippen LogP contribution in [0.25, 0.3) is 11.3 Å². The highest BCUT2D eigenvalue weighted by Gasteiger charge is 2.16. The fraction of sp³-hybridized carbons (Fsp3) is 0.276. The molecule has 0 saturated carbocycles. The minimum absolute atomic E-state index is 0.453. The summed E-state index contributed by atoms with van der Waals surface area (Å²) >= 11 is 0. The average Bonchev–Trinajstić information content (AvgIpc) is 2.93. The van der Waals surface area contributed by atoms with Crippen LogP contribution in [0, 0.1) is 19.1 Å². The SMILES string of the molecule is Cc1c#cc(NC(O)C2=C=C=C(CN3CCN(C)CC3)C=C2)cc1Nc1nccc(-c2cccnc2)n1. The van der Waals surface area contributed by atoms with E-state index in [0.717, 1.165) is 60.8 Å². The first-order valence-electron chi connectivity index (χ1n) is 12.3. The highest BCUT2D eigenvalue weighted by atomic mass is 16.3. The number of aliphatic hydroxyl groups excluding tert-OH is 1. The average molecular weight is 492 g/mol. The third kappa shape index (κ3) is 6.32. The number of nitrogens with one attached hydrogen (secondary N) is 2. The molecule has 0 spiro atoms. The maximum atomic E-state index is 10.8. The van der Waals surface area contributed by atoms with Crippen molar-refractivity contribution in [1.82, 2.24) is 24.8 Å². The number of pyridine rings is 1. The Hall–Kier alpha value is -4.21. The summed E-state index contributed by atoms with van der Waals surface area (Å²) in [5.74, 6) is 0.453. The minimum Gasteiger partial charge on any atom is -0.369 e. The molecule has 2 aromatic heterocycles. The van der Waals surface area contributed by atoms with Crippen LogP contribution in [0.2, 0.25) is 0 Å². The van der Waals surface area contributed by atoms with Gasteiger partial charge in [-0.1, -0.05) is 17.5 Å². The van der Waals surface area contributed by atoms with Crippen LogP contribution < -0.4 is 10.6 Å². The molecule has 8 nitrogen and oxygen atoms in total. The van der Waals surface area contributed by atoms with Crippen molar-refractivity contribution in [3.05, 3.63) is 95.3 Å². The van der Waals surface area contributed by atoms with Crippen LogP contribution >= 0.6 is 0 Å². The van der Waals surface area contributed by atoms with Crippen molar-refractivity contribution in [2.24, 2.45) is 0 Å². The van der Waals surface area contributed by atoms with E-state index in [1.54, 1.807) is 18.6 Å². The summed E-state index contributed by atoms with van der Waals surface area (Å²) in [6.45, 7) is 7.01. The molecule has 2 aliphatic rings. The molecule has 1 saturated heterocycles. The number of hydrogen-bond acceptors (Lipinski definition) is 8. The van der Waals surface area contributed by atoms with Crippen molar-refractivity contribution in [1.29, 1.82) is 0 Å². The molecule has 0 amide bonds. The number of anilines is 3. The molecule has 5 rings (SSSR count). The molecule has 3 N–H and O–H groups in total. The number of rotatable bonds is 8. The highest BCUT2D eigenvalue weighted by molar-refractivity contribution is 5.65. The Labute approximate surface area is 217 Å². The Morgan fingerprint density at radius 1 is 1.08 bits per heavy atom. The maximum Gasteiger partial charge on any atom is 0.227 e. The van der Waals surface area contributed by atoms with Gasteiger partial charge in [-0.2, -0.15) is 0 Å². The predicted molar refractivity (Wildman–Crippen MR) is 144 cm³/mol. The van der Waals surface area contributed by atoms with Crippen LogP contribution in [0.1, 0.15) is 5.56 Å². The van der Waals surface area contributed by atoms with Gasteiger partial charge in [-0.3, -0.25) is 9.88 Å². The van der Waals surface area contributed by atoms with Crippen molar-refractivity contribution in [3.8, 4) is 11.3 Å². The molecule has 0 bridgehead atoms. The topological polar surface area (TPSA) is 89.4 Å². The maximum absolute atomic E-state index is 10.8. The summed E-state index contributed by atoms with van der Waals surface area (Å²) in [4.78, 5) is 17.8. The zero-order chi connectivity index (χ0) is 25.6. The Balaban J connectivity index is 1.26. The van der Waals surface area contributed by atoms with Gasteiger partial charge in [0.2, 0.25) is 5.95 Å². The van der Waals surface area contributed by atoms with E-state index in [0.29, 0.717) is 17.2 Å². The molecule has 1 aliphatic carbocycles. The number of hydrogen-bond donors (Lipinski definition) is 3. The van der Waals surface area contributed by atoms with Crippen molar-refractivity contribution in [2.75, 3.05) is 50.4 Å². The molecule has 1 fully saturated rings. The fourth-order valence-corrected chi connectivity index (χ4v) is 4.09. The molecule has 1 atom stereocenters. The Kier molecular flexibility index (Phi) is 7.43. The van der Waals surface area contributed by atoms with Crippen LogP contribution in [-0.2, 0) is 0 Å². The Morgan fingerprint density at radius 2 is 1.95 bits per heavy atom. The van der Waals surface area contributed by atoms with Gasteiger partial charge in [-0.25, -0.2) is 9.97 Å². The standard InChI is InChI=1S/C29H29N7O/c1-21-5-10-25(18-27(21)34-29-31-13-11-26(33-29)24-4-3-12-30-19-24)32-28(37)23-8-6-22(7-9-23)20-36-16-14-35(2)15-17-36/h3-4,6,8,11-13,18-19,28,32,37H,14-17,20H2,1-2H3,(H,31,33,34). The lowest BCUT2D eigenvalue weighted by Crippen LogP contribution is -2.44. The summed E-state index contributed by atoms with van der Waals surface area (Å²) in [7, 11) is 2.15. The van der Waals surface area contributed by atoms with Crippen LogP contribution in [0.3, 0.4) is 0 Å². The van der Waals surface area contributed by atoms with Gasteiger partial charge in [-0.05, 0) is 56.5 Å². The van der Waals surface area contributed by atoms with Gasteiger partial charge in [0.15, 0.2) is 6.23 Å². The molecule has 186 valence electrons. The van der Waals surface area contributed by atoms with E-state index < -0.39 is 6.23 Å². The van der Waals surface area contributed by atoms with Crippen LogP contribution in [0.15, 0.2) is 77.6 Å². The molecule has 3 heterocycles. The second-order valence-corrected chi connectivity index (χ2v) is 9.17. The van der Waals surface area contributed by atoms with E-state index in [4.69, 9.17) is 0 Å². The Morgan fingerprint density at radius 3 is 2.70 bits per heavy atom. The summed E-state index contributed by atoms with van der Waals surface area (Å²) in [5, 5.41) is 17.1. The van der Waals surface area contributed by atoms with Crippen molar-refractivity contribution >= 4 is 17.3 Å². The molecular weight excluding hydrogens is 462 g/mol. The van der Waals surface area contributed by atoms with Crippen LogP contribution in [0.5, 0.6) is 0 Å². The molecule has 8 heteroatoms. The van der Waals surface area contributed by atoms with Crippen molar-refractivity contribution in [2.45, 2.75) is 13.2 Å². The normalized spacial score (nSPS) is 16.5. The molecule has 1 aromatic carbocycles. The van der Waals surface area contributed by atoms with Crippen LogP contribution in [-0.4, -0.2) is 75.9 Å². The third-order valence-electron chi connectivity index (χ3n) is 6.34. The number of aliphatic hydroxyl groups is 1. The fourth-order valence-electron chi connectivity index (χ4n) is 4.09. The van der Waals surface area contributed by atoms with Crippen molar-refractivity contribution < 1.29 is 5.11 Å². The number of piperazine rings is 1. The van der Waals surface area contributed by atoms with Gasteiger partial charge in [0.25, 0.3) is 0 Å². The smallest absolute Gasteiger partial charge is 0.227 e. The minimum atomic E-state index is -0.959. The van der Waals surface area contributed by atoms with E-state index in [-0.39, 0.29) is 0 Å². The zero-order valence-electron chi connectivity index (χ0n) is 21.0. The van der Waals surface area contributed by atoms with E-state index in [1.165, 1.54) is 0 Å². The first-order chi connectivity index (χ1) is 18.0. The summed E-state index contributed by atoms with van der Waals surface area (Å²) in [6, 6.07) is 13.7. The summed E-state index contributed by atoms with van der Waals surface area (Å²) < 4.78 is 0. The van der Waals surface area contributed by atoms with E-state index >= 15 is 0 Å². The first-order valence-corrected chi connectivity index (χ1v) is 12.3. The van der Waals surface area contributed by atoms with Crippen molar-refractivity contribution in [3.63, 3.8) is 0 Å². The largest absolute Gasteiger partial charge is 0.369 e. The van der Waals surface area contributed by atoms with Crippen LogP contribution in [0.4, 0.5) is 17.3 Å². The van der Waals surface area contributed by atoms with E-state index in [2.05, 4.69) is 66.0 Å². The molecule has 37 heavy (non-hydrogen) atoms. The molecule has 1 unspecified atom stereocenters. The first kappa shape index (κ1) is 24.5. The lowest BCUT2D eigenvalue weighted by molar-refractivity contribution is 0.165. The lowest BCUT2D eigenvalue weighted by Gasteiger charge is -2.32. The molecular formula is C29H29N7O. The third-order valence-corrected chi connectivity index (χ3v) is 6.34. The predicted octanol–water partition coefficient (Wildman–Crippen LogP) is 3.35. The summed E-state index contributed by atoms with van der Waals surface area (Å²) in [5.41, 5.74) is 11.9. The van der Waals surface area contributed by atoms with E-state index in [1.807, 2.05) is 43.3 Å². The second-order valence-electron chi connectivity index (χ2n) is 9.17. The molecule has 3 aromatic rings. The van der Waals surface area contributed by atoms with Gasteiger partial charge in [-0.15, -0.1) is 0 Å². The molecule has 1 aliphatic heterocycles. The Bertz CT molecular complexity index is 1380. The number of likely N-dealkylation sites (N-methyl/N-ethyl adjacent to an activating group) is 1. The quantitative estimate of drug-likeness (QED) is 0.327. The monoisotopic (exact) mass is 491 g/mol. The number of aromatic nitrogens is 3. The highest BCUT2D eigenvalue weighted by Crippen LogP contribution is 2.23. The number of nitrogens with zero attached hydrogens (tertiary/aromatic N) is 5. The van der Waals surface area contributed by atoms with Gasteiger partial charge < -0.3 is 20.6 Å². The van der Waals surface area contributed by atoms with E-state index in [9.17, 15) is 5.11 Å². The second kappa shape index (κ2) is 11.2. The molecule has 0 radical (unpaired) electrons. The summed E-state index contributed by atoms with van der Waals surface area (Å²) in [6.07, 6.45) is 8.12. The van der Waals surface area contributed by atoms with Gasteiger partial charge >= 0.3 is 0 Å². The van der Waals surface area contributed by atoms with Gasteiger partial charge in [0.1, 0.15) is 0 Å². The van der Waals surface area contributed by atoms with Gasteiger partial charge in [0.05, 0.1) is 22.6 Å². The lowest BCUT2D eigenvalue weighted by atomic mass is 10.1. The van der Waals surface area contributed by atoms with Gasteiger partial charge in [0, 0.05) is 68.0 Å². The zero-order valence-corrected chi connectivity index (χ0v) is 21.0.